The molecule has 0 aliphatic heterocycles. The van der Waals surface area contributed by atoms with Crippen molar-refractivity contribution in [2.75, 3.05) is 33.4 Å². The maximum Gasteiger partial charge on any atom is 0.252 e. The summed E-state index contributed by atoms with van der Waals surface area (Å²) >= 11 is 10.1. The number of likely N-dealkylation sites (N-methyl/N-ethyl adjacent to an activating group) is 1. The quantitative estimate of drug-likeness (QED) is 0.735. The summed E-state index contributed by atoms with van der Waals surface area (Å²) < 4.78 is 31.2. The van der Waals surface area contributed by atoms with Crippen molar-refractivity contribution in [1.29, 1.82) is 0 Å². The third kappa shape index (κ3) is 4.16. The smallest absolute Gasteiger partial charge is 0.252 e. The van der Waals surface area contributed by atoms with Crippen molar-refractivity contribution in [2.45, 2.75) is 4.21 Å². The van der Waals surface area contributed by atoms with Crippen LogP contribution < -0.4 is 0 Å². The molecule has 0 aromatic carbocycles. The Kier molecular flexibility index (Phi) is 6.52. The van der Waals surface area contributed by atoms with Gasteiger partial charge in [0.1, 0.15) is 4.21 Å². The van der Waals surface area contributed by atoms with E-state index in [-0.39, 0.29) is 30.6 Å². The number of nitrogens with zero attached hydrogens (tertiary/aromatic N) is 1. The molecule has 0 fully saturated rings. The van der Waals surface area contributed by atoms with Crippen LogP contribution in [-0.4, -0.2) is 51.2 Å². The molecule has 1 N–H and O–H groups in total. The summed E-state index contributed by atoms with van der Waals surface area (Å²) in [5.41, 5.74) is 0. The largest absolute Gasteiger partial charge is 0.394 e. The van der Waals surface area contributed by atoms with Gasteiger partial charge in [-0.2, -0.15) is 4.31 Å². The minimum Gasteiger partial charge on any atom is -0.394 e. The maximum absolute atomic E-state index is 12.1. The molecule has 0 bridgehead atoms. The first-order valence-corrected chi connectivity index (χ1v) is 8.42. The second-order valence-corrected chi connectivity index (χ2v) is 8.40. The van der Waals surface area contributed by atoms with Crippen molar-refractivity contribution < 1.29 is 18.3 Å². The number of aliphatic hydroxyl groups excluding tert-OH is 1. The van der Waals surface area contributed by atoms with Gasteiger partial charge < -0.3 is 9.84 Å². The summed E-state index contributed by atoms with van der Waals surface area (Å²) in [5.74, 6) is 0. The highest BCUT2D eigenvalue weighted by atomic mass is 79.9. The molecule has 0 amide bonds. The van der Waals surface area contributed by atoms with Gasteiger partial charge >= 0.3 is 0 Å². The van der Waals surface area contributed by atoms with Gasteiger partial charge in [-0.25, -0.2) is 8.42 Å². The third-order valence-electron chi connectivity index (χ3n) is 2.07. The van der Waals surface area contributed by atoms with Gasteiger partial charge in [0.25, 0.3) is 10.0 Å². The van der Waals surface area contributed by atoms with E-state index < -0.39 is 10.0 Å². The van der Waals surface area contributed by atoms with Crippen LogP contribution in [0.3, 0.4) is 0 Å². The van der Waals surface area contributed by atoms with Crippen LogP contribution in [0.1, 0.15) is 0 Å². The Bertz CT molecular complexity index is 471. The van der Waals surface area contributed by atoms with Gasteiger partial charge in [-0.05, 0) is 22.0 Å². The molecule has 1 heterocycles. The molecule has 0 saturated heterocycles. The molecule has 0 spiro atoms. The Hall–Kier alpha value is 0.300. The maximum atomic E-state index is 12.1. The lowest BCUT2D eigenvalue weighted by Gasteiger charge is -2.15. The lowest BCUT2D eigenvalue weighted by molar-refractivity contribution is 0.0877. The van der Waals surface area contributed by atoms with Crippen LogP contribution in [0.4, 0.5) is 0 Å². The summed E-state index contributed by atoms with van der Waals surface area (Å²) in [6.45, 7) is 0.570. The highest BCUT2D eigenvalue weighted by Crippen LogP contribution is 2.35. The number of halogens is 2. The van der Waals surface area contributed by atoms with E-state index in [1.807, 2.05) is 0 Å². The molecule has 0 aliphatic rings. The predicted molar refractivity (Wildman–Crippen MR) is 74.7 cm³/mol. The topological polar surface area (TPSA) is 66.8 Å². The number of rotatable bonds is 7. The highest BCUT2D eigenvalue weighted by Gasteiger charge is 2.23. The molecular weight excluding hydrogens is 366 g/mol. The van der Waals surface area contributed by atoms with Crippen molar-refractivity contribution in [3.63, 3.8) is 0 Å². The van der Waals surface area contributed by atoms with E-state index in [4.69, 9.17) is 21.4 Å². The van der Waals surface area contributed by atoms with Crippen LogP contribution in [0.15, 0.2) is 14.1 Å². The molecule has 0 aliphatic carbocycles. The van der Waals surface area contributed by atoms with E-state index in [1.54, 1.807) is 0 Å². The summed E-state index contributed by atoms with van der Waals surface area (Å²) in [7, 11) is -2.06. The monoisotopic (exact) mass is 377 g/mol. The zero-order chi connectivity index (χ0) is 13.8. The first-order valence-electron chi connectivity index (χ1n) is 4.99. The van der Waals surface area contributed by atoms with E-state index in [2.05, 4.69) is 15.9 Å². The van der Waals surface area contributed by atoms with Gasteiger partial charge in [0, 0.05) is 13.6 Å². The van der Waals surface area contributed by atoms with Crippen molar-refractivity contribution in [3.05, 3.63) is 14.9 Å². The predicted octanol–water partition coefficient (Wildman–Crippen LogP) is 1.79. The standard InChI is InChI=1S/C9H13BrClNO4S2/c1-12(2-4-16-5-3-13)18(14,15)8-6-7(11)9(10)17-8/h6,13H,2-5H2,1H3. The number of sulfonamides is 1. The molecule has 1 aromatic heterocycles. The fraction of sp³-hybridized carbons (Fsp3) is 0.556. The summed E-state index contributed by atoms with van der Waals surface area (Å²) in [4.78, 5) is 0. The Labute approximate surface area is 123 Å². The number of hydrogen-bond acceptors (Lipinski definition) is 5. The van der Waals surface area contributed by atoms with Crippen LogP contribution in [0.2, 0.25) is 5.02 Å². The fourth-order valence-corrected chi connectivity index (χ4v) is 4.85. The van der Waals surface area contributed by atoms with Gasteiger partial charge in [-0.15, -0.1) is 11.3 Å². The van der Waals surface area contributed by atoms with E-state index in [1.165, 1.54) is 17.4 Å². The Balaban J connectivity index is 2.68. The second-order valence-electron chi connectivity index (χ2n) is 3.35. The zero-order valence-electron chi connectivity index (χ0n) is 9.60. The van der Waals surface area contributed by atoms with Crippen LogP contribution >= 0.6 is 38.9 Å². The number of ether oxygens (including phenoxy) is 1. The minimum atomic E-state index is -3.53. The molecule has 1 aromatic rings. The van der Waals surface area contributed by atoms with Crippen LogP contribution in [0, 0.1) is 0 Å². The lowest BCUT2D eigenvalue weighted by atomic mass is 10.7. The SMILES string of the molecule is CN(CCOCCO)S(=O)(=O)c1cc(Cl)c(Br)s1. The highest BCUT2D eigenvalue weighted by molar-refractivity contribution is 9.11. The van der Waals surface area contributed by atoms with Gasteiger partial charge in [-0.1, -0.05) is 11.6 Å². The first kappa shape index (κ1) is 16.4. The van der Waals surface area contributed by atoms with E-state index in [0.717, 1.165) is 11.3 Å². The molecule has 1 rings (SSSR count). The van der Waals surface area contributed by atoms with Crippen LogP contribution in [0.25, 0.3) is 0 Å². The Morgan fingerprint density at radius 3 is 2.72 bits per heavy atom. The van der Waals surface area contributed by atoms with E-state index in [9.17, 15) is 8.42 Å². The minimum absolute atomic E-state index is 0.0794. The van der Waals surface area contributed by atoms with Gasteiger partial charge in [0.15, 0.2) is 0 Å². The van der Waals surface area contributed by atoms with E-state index in [0.29, 0.717) is 8.81 Å². The molecule has 5 nitrogen and oxygen atoms in total. The van der Waals surface area contributed by atoms with Crippen molar-refractivity contribution in [3.8, 4) is 0 Å². The summed E-state index contributed by atoms with van der Waals surface area (Å²) in [5, 5.41) is 8.91. The second kappa shape index (κ2) is 7.18. The summed E-state index contributed by atoms with van der Waals surface area (Å²) in [6, 6.07) is 1.41. The van der Waals surface area contributed by atoms with Crippen LogP contribution in [-0.2, 0) is 14.8 Å². The van der Waals surface area contributed by atoms with Gasteiger partial charge in [0.05, 0.1) is 28.6 Å². The molecule has 0 radical (unpaired) electrons. The lowest BCUT2D eigenvalue weighted by Crippen LogP contribution is -2.30. The number of aliphatic hydroxyl groups is 1. The van der Waals surface area contributed by atoms with Crippen LogP contribution in [0.5, 0.6) is 0 Å². The first-order chi connectivity index (χ1) is 8.39. The molecular formula is C9H13BrClNO4S2. The van der Waals surface area contributed by atoms with Crippen molar-refractivity contribution in [1.82, 2.24) is 4.31 Å². The molecule has 0 atom stereocenters. The normalized spacial score (nSPS) is 12.3. The van der Waals surface area contributed by atoms with Crippen molar-refractivity contribution in [2.24, 2.45) is 0 Å². The average Bonchev–Trinajstić information content (AvgIpc) is 2.65. The molecule has 0 unspecified atom stereocenters. The zero-order valence-corrected chi connectivity index (χ0v) is 13.6. The van der Waals surface area contributed by atoms with Gasteiger partial charge in [-0.3, -0.25) is 0 Å². The fourth-order valence-electron chi connectivity index (χ4n) is 1.09. The Morgan fingerprint density at radius 1 is 1.56 bits per heavy atom. The average molecular weight is 379 g/mol. The molecule has 0 saturated carbocycles. The Morgan fingerprint density at radius 2 is 2.22 bits per heavy atom. The van der Waals surface area contributed by atoms with Crippen molar-refractivity contribution >= 4 is 48.9 Å². The molecule has 9 heteroatoms. The van der Waals surface area contributed by atoms with Gasteiger partial charge in [0.2, 0.25) is 0 Å². The number of hydrogen-bond donors (Lipinski definition) is 1. The molecule has 18 heavy (non-hydrogen) atoms. The number of thiophene rings is 1. The molecule has 104 valence electrons. The third-order valence-corrected chi connectivity index (χ3v) is 6.85. The summed E-state index contributed by atoms with van der Waals surface area (Å²) in [6.07, 6.45) is 0. The van der Waals surface area contributed by atoms with E-state index >= 15 is 0 Å².